The number of carbonyl (C=O) groups excluding carboxylic acids is 1. The highest BCUT2D eigenvalue weighted by Gasteiger charge is 2.18. The van der Waals surface area contributed by atoms with Crippen LogP contribution in [0.3, 0.4) is 0 Å². The number of ether oxygens (including phenoxy) is 1. The number of amides is 1. The molecule has 0 spiro atoms. The van der Waals surface area contributed by atoms with E-state index in [2.05, 4.69) is 12.2 Å². The molecule has 1 N–H and O–H groups in total. The summed E-state index contributed by atoms with van der Waals surface area (Å²) in [5.41, 5.74) is -0.150. The highest BCUT2D eigenvalue weighted by atomic mass is 16.5. The molecule has 128 valence electrons. The third-order valence-corrected chi connectivity index (χ3v) is 4.27. The Morgan fingerprint density at radius 1 is 1.43 bits per heavy atom. The van der Waals surface area contributed by atoms with E-state index >= 15 is 0 Å². The summed E-state index contributed by atoms with van der Waals surface area (Å²) in [5.74, 6) is 0.151. The maximum Gasteiger partial charge on any atom is 0.293 e. The lowest BCUT2D eigenvalue weighted by Gasteiger charge is -2.25. The number of hydrogen-bond donors (Lipinski definition) is 1. The van der Waals surface area contributed by atoms with Crippen molar-refractivity contribution in [3.8, 4) is 5.75 Å². The quantitative estimate of drug-likeness (QED) is 0.825. The second-order valence-corrected chi connectivity index (χ2v) is 6.02. The first-order valence-corrected chi connectivity index (χ1v) is 8.42. The van der Waals surface area contributed by atoms with E-state index in [1.165, 1.54) is 0 Å². The second-order valence-electron chi connectivity index (χ2n) is 6.02. The van der Waals surface area contributed by atoms with Crippen LogP contribution in [0.5, 0.6) is 5.75 Å². The fourth-order valence-electron chi connectivity index (χ4n) is 2.74. The summed E-state index contributed by atoms with van der Waals surface area (Å²) in [6.45, 7) is 4.55. The lowest BCUT2D eigenvalue weighted by atomic mass is 10.1. The number of likely N-dealkylation sites (N-methyl/N-ethyl adjacent to an activating group) is 1. The molecule has 1 aromatic heterocycles. The number of hydrogen-bond acceptors (Lipinski definition) is 4. The Bertz CT molecular complexity index is 564. The SMILES string of the molecule is CCCCN(C)C(=O)COc1cccn(C2CCNCC2)c1=O. The Morgan fingerprint density at radius 2 is 2.17 bits per heavy atom. The molecule has 2 heterocycles. The Kier molecular flexibility index (Phi) is 6.65. The van der Waals surface area contributed by atoms with Gasteiger partial charge in [0.25, 0.3) is 11.5 Å². The summed E-state index contributed by atoms with van der Waals surface area (Å²) < 4.78 is 7.23. The summed E-state index contributed by atoms with van der Waals surface area (Å²) in [5, 5.41) is 3.29. The number of carbonyl (C=O) groups is 1. The van der Waals surface area contributed by atoms with Gasteiger partial charge in [0.05, 0.1) is 0 Å². The van der Waals surface area contributed by atoms with E-state index in [0.717, 1.165) is 38.8 Å². The van der Waals surface area contributed by atoms with Gasteiger partial charge in [-0.1, -0.05) is 13.3 Å². The van der Waals surface area contributed by atoms with Gasteiger partial charge < -0.3 is 19.5 Å². The highest BCUT2D eigenvalue weighted by Crippen LogP contribution is 2.17. The molecule has 23 heavy (non-hydrogen) atoms. The molecule has 0 unspecified atom stereocenters. The van der Waals surface area contributed by atoms with Crippen molar-refractivity contribution < 1.29 is 9.53 Å². The molecule has 1 aliphatic heterocycles. The molecule has 0 atom stereocenters. The lowest BCUT2D eigenvalue weighted by molar-refractivity contribution is -0.132. The van der Waals surface area contributed by atoms with Gasteiger partial charge in [-0.25, -0.2) is 0 Å². The summed E-state index contributed by atoms with van der Waals surface area (Å²) in [6, 6.07) is 3.65. The molecular weight excluding hydrogens is 294 g/mol. The fourth-order valence-corrected chi connectivity index (χ4v) is 2.74. The molecule has 0 bridgehead atoms. The van der Waals surface area contributed by atoms with Crippen LogP contribution in [0.1, 0.15) is 38.6 Å². The molecule has 1 amide bonds. The van der Waals surface area contributed by atoms with E-state index in [-0.39, 0.29) is 29.9 Å². The van der Waals surface area contributed by atoms with Gasteiger partial charge >= 0.3 is 0 Å². The topological polar surface area (TPSA) is 63.6 Å². The zero-order valence-electron chi connectivity index (χ0n) is 14.1. The van der Waals surface area contributed by atoms with Gasteiger partial charge in [-0.3, -0.25) is 9.59 Å². The number of pyridine rings is 1. The van der Waals surface area contributed by atoms with Crippen molar-refractivity contribution in [3.63, 3.8) is 0 Å². The molecule has 1 aromatic rings. The fraction of sp³-hybridized carbons (Fsp3) is 0.647. The minimum atomic E-state index is -0.150. The van der Waals surface area contributed by atoms with Gasteiger partial charge in [0.1, 0.15) is 0 Å². The summed E-state index contributed by atoms with van der Waals surface area (Å²) in [7, 11) is 1.76. The Hall–Kier alpha value is -1.82. The van der Waals surface area contributed by atoms with Crippen molar-refractivity contribution in [2.45, 2.75) is 38.6 Å². The number of aromatic nitrogens is 1. The van der Waals surface area contributed by atoms with Crippen molar-refractivity contribution in [2.75, 3.05) is 33.3 Å². The molecule has 1 fully saturated rings. The van der Waals surface area contributed by atoms with E-state index in [0.29, 0.717) is 6.54 Å². The van der Waals surface area contributed by atoms with Crippen LogP contribution >= 0.6 is 0 Å². The third-order valence-electron chi connectivity index (χ3n) is 4.27. The van der Waals surface area contributed by atoms with Crippen LogP contribution in [0.2, 0.25) is 0 Å². The van der Waals surface area contributed by atoms with Gasteiger partial charge in [-0.2, -0.15) is 0 Å². The minimum absolute atomic E-state index is 0.0916. The monoisotopic (exact) mass is 321 g/mol. The van der Waals surface area contributed by atoms with Crippen molar-refractivity contribution in [3.05, 3.63) is 28.7 Å². The van der Waals surface area contributed by atoms with Crippen LogP contribution < -0.4 is 15.6 Å². The van der Waals surface area contributed by atoms with Crippen LogP contribution in [0.25, 0.3) is 0 Å². The highest BCUT2D eigenvalue weighted by molar-refractivity contribution is 5.77. The molecule has 0 aromatic carbocycles. The van der Waals surface area contributed by atoms with Crippen LogP contribution in [0, 0.1) is 0 Å². The predicted molar refractivity (Wildman–Crippen MR) is 89.9 cm³/mol. The molecule has 0 radical (unpaired) electrons. The molecule has 1 aliphatic rings. The smallest absolute Gasteiger partial charge is 0.293 e. The Labute approximate surface area is 137 Å². The van der Waals surface area contributed by atoms with Gasteiger partial charge in [-0.05, 0) is 44.5 Å². The molecule has 0 saturated carbocycles. The second kappa shape index (κ2) is 8.72. The van der Waals surface area contributed by atoms with E-state index in [1.807, 2.05) is 6.07 Å². The van der Waals surface area contributed by atoms with E-state index in [1.54, 1.807) is 28.8 Å². The van der Waals surface area contributed by atoms with Gasteiger partial charge in [0.15, 0.2) is 12.4 Å². The molecule has 6 heteroatoms. The van der Waals surface area contributed by atoms with E-state index in [9.17, 15) is 9.59 Å². The normalized spacial score (nSPS) is 15.4. The summed E-state index contributed by atoms with van der Waals surface area (Å²) >= 11 is 0. The Morgan fingerprint density at radius 3 is 2.87 bits per heavy atom. The van der Waals surface area contributed by atoms with E-state index < -0.39 is 0 Å². The van der Waals surface area contributed by atoms with Crippen molar-refractivity contribution in [2.24, 2.45) is 0 Å². The first-order chi connectivity index (χ1) is 11.1. The number of piperidine rings is 1. The Balaban J connectivity index is 1.98. The first-order valence-electron chi connectivity index (χ1n) is 8.42. The molecule has 2 rings (SSSR count). The number of unbranched alkanes of at least 4 members (excludes halogenated alkanes) is 1. The zero-order valence-corrected chi connectivity index (χ0v) is 14.1. The lowest BCUT2D eigenvalue weighted by Crippen LogP contribution is -2.35. The van der Waals surface area contributed by atoms with Gasteiger partial charge in [0, 0.05) is 25.8 Å². The molecular formula is C17H27N3O3. The van der Waals surface area contributed by atoms with Crippen LogP contribution in [0.4, 0.5) is 0 Å². The van der Waals surface area contributed by atoms with Crippen molar-refractivity contribution in [1.82, 2.24) is 14.8 Å². The van der Waals surface area contributed by atoms with Crippen LogP contribution in [0.15, 0.2) is 23.1 Å². The number of nitrogens with zero attached hydrogens (tertiary/aromatic N) is 2. The number of rotatable bonds is 7. The largest absolute Gasteiger partial charge is 0.478 e. The minimum Gasteiger partial charge on any atom is -0.478 e. The van der Waals surface area contributed by atoms with Crippen molar-refractivity contribution >= 4 is 5.91 Å². The maximum atomic E-state index is 12.5. The molecule has 6 nitrogen and oxygen atoms in total. The summed E-state index contributed by atoms with van der Waals surface area (Å²) in [4.78, 5) is 26.2. The number of nitrogens with one attached hydrogen (secondary N) is 1. The first kappa shape index (κ1) is 17.5. The maximum absolute atomic E-state index is 12.5. The average molecular weight is 321 g/mol. The zero-order chi connectivity index (χ0) is 16.7. The molecule has 0 aliphatic carbocycles. The van der Waals surface area contributed by atoms with Crippen molar-refractivity contribution in [1.29, 1.82) is 0 Å². The van der Waals surface area contributed by atoms with E-state index in [4.69, 9.17) is 4.74 Å². The van der Waals surface area contributed by atoms with Gasteiger partial charge in [-0.15, -0.1) is 0 Å². The van der Waals surface area contributed by atoms with Gasteiger partial charge in [0.2, 0.25) is 0 Å². The van der Waals surface area contributed by atoms with Crippen LogP contribution in [-0.4, -0.2) is 48.7 Å². The molecule has 1 saturated heterocycles. The third kappa shape index (κ3) is 4.82. The summed E-state index contributed by atoms with van der Waals surface area (Å²) in [6.07, 6.45) is 5.68. The average Bonchev–Trinajstić information content (AvgIpc) is 2.59. The predicted octanol–water partition coefficient (Wildman–Crippen LogP) is 1.41. The standard InChI is InChI=1S/C17H27N3O3/c1-3-4-11-19(2)16(21)13-23-15-6-5-12-20(17(15)22)14-7-9-18-10-8-14/h5-6,12,14,18H,3-4,7-11,13H2,1-2H3. The van der Waals surface area contributed by atoms with Crippen LogP contribution in [-0.2, 0) is 4.79 Å².